The van der Waals surface area contributed by atoms with Gasteiger partial charge >= 0.3 is 0 Å². The maximum Gasteiger partial charge on any atom is 0.250 e. The van der Waals surface area contributed by atoms with Crippen molar-refractivity contribution in [1.29, 1.82) is 0 Å². The Morgan fingerprint density at radius 1 is 1.56 bits per heavy atom. The fourth-order valence-corrected chi connectivity index (χ4v) is 3.40. The molecule has 2 aromatic rings. The van der Waals surface area contributed by atoms with Gasteiger partial charge in [-0.1, -0.05) is 36.1 Å². The number of rotatable bonds is 5. The highest BCUT2D eigenvalue weighted by atomic mass is 32.2. The molecule has 2 rings (SSSR count). The summed E-state index contributed by atoms with van der Waals surface area (Å²) in [5.41, 5.74) is 0. The Morgan fingerprint density at radius 2 is 2.44 bits per heavy atom. The summed E-state index contributed by atoms with van der Waals surface area (Å²) in [6.45, 7) is 2.05. The van der Waals surface area contributed by atoms with Crippen molar-refractivity contribution in [2.45, 2.75) is 11.3 Å². The maximum absolute atomic E-state index is 11.6. The summed E-state index contributed by atoms with van der Waals surface area (Å²) in [6, 6.07) is 3.90. The number of carbonyl (C=O) groups is 1. The van der Waals surface area contributed by atoms with Crippen LogP contribution in [0.2, 0.25) is 0 Å². The number of thioether (sulfide) groups is 1. The molecular weight excluding hydrogens is 286 g/mol. The van der Waals surface area contributed by atoms with Crippen molar-refractivity contribution < 1.29 is 4.79 Å². The van der Waals surface area contributed by atoms with Gasteiger partial charge < -0.3 is 0 Å². The van der Waals surface area contributed by atoms with Gasteiger partial charge in [0.2, 0.25) is 11.0 Å². The second kappa shape index (κ2) is 6.67. The first-order valence-electron chi connectivity index (χ1n) is 5.27. The summed E-state index contributed by atoms with van der Waals surface area (Å²) in [6.07, 6.45) is 3.28. The van der Waals surface area contributed by atoms with Crippen LogP contribution in [0.25, 0.3) is 6.08 Å². The summed E-state index contributed by atoms with van der Waals surface area (Å²) in [5.74, 6) is 0.758. The molecule has 18 heavy (non-hydrogen) atoms. The monoisotopic (exact) mass is 297 g/mol. The first-order valence-corrected chi connectivity index (χ1v) is 7.95. The van der Waals surface area contributed by atoms with Gasteiger partial charge in [0.25, 0.3) is 0 Å². The maximum atomic E-state index is 11.6. The van der Waals surface area contributed by atoms with Gasteiger partial charge in [-0.3, -0.25) is 10.1 Å². The number of hydrogen-bond acceptors (Lipinski definition) is 6. The minimum absolute atomic E-state index is 0.187. The molecule has 2 aromatic heterocycles. The highest BCUT2D eigenvalue weighted by molar-refractivity contribution is 8.01. The van der Waals surface area contributed by atoms with Gasteiger partial charge in [-0.2, -0.15) is 0 Å². The van der Waals surface area contributed by atoms with Crippen molar-refractivity contribution in [2.24, 2.45) is 0 Å². The van der Waals surface area contributed by atoms with Gasteiger partial charge in [0.1, 0.15) is 0 Å². The van der Waals surface area contributed by atoms with Crippen molar-refractivity contribution in [3.8, 4) is 0 Å². The SMILES string of the molecule is CCSc1nnc(NC(=O)C=Cc2cccs2)s1. The Bertz CT molecular complexity index is 533. The molecule has 0 fully saturated rings. The van der Waals surface area contributed by atoms with Crippen LogP contribution in [0, 0.1) is 0 Å². The summed E-state index contributed by atoms with van der Waals surface area (Å²) in [5, 5.41) is 13.1. The third kappa shape index (κ3) is 3.94. The molecule has 0 radical (unpaired) electrons. The smallest absolute Gasteiger partial charge is 0.250 e. The Balaban J connectivity index is 1.90. The predicted molar refractivity (Wildman–Crippen MR) is 78.3 cm³/mol. The standard InChI is InChI=1S/C11H11N3OS3/c1-2-16-11-14-13-10(18-11)12-9(15)6-5-8-4-3-7-17-8/h3-7H,2H2,1H3,(H,12,13,15). The molecule has 0 unspecified atom stereocenters. The quantitative estimate of drug-likeness (QED) is 0.522. The molecule has 0 saturated carbocycles. The molecule has 1 N–H and O–H groups in total. The number of amides is 1. The van der Waals surface area contributed by atoms with E-state index in [1.54, 1.807) is 29.2 Å². The second-order valence-electron chi connectivity index (χ2n) is 3.14. The van der Waals surface area contributed by atoms with Gasteiger partial charge in [-0.25, -0.2) is 0 Å². The molecule has 94 valence electrons. The normalized spacial score (nSPS) is 10.9. The first-order chi connectivity index (χ1) is 8.78. The van der Waals surface area contributed by atoms with E-state index in [0.717, 1.165) is 15.0 Å². The highest BCUT2D eigenvalue weighted by Crippen LogP contribution is 2.24. The first kappa shape index (κ1) is 13.3. The Kier molecular flexibility index (Phi) is 4.91. The van der Waals surface area contributed by atoms with Crippen LogP contribution in [0.3, 0.4) is 0 Å². The Hall–Kier alpha value is -1.18. The van der Waals surface area contributed by atoms with Crippen LogP contribution in [0.4, 0.5) is 5.13 Å². The Labute approximate surface area is 117 Å². The van der Waals surface area contributed by atoms with Gasteiger partial charge in [0.05, 0.1) is 0 Å². The third-order valence-corrected chi connectivity index (χ3v) is 4.54. The van der Waals surface area contributed by atoms with Crippen molar-refractivity contribution in [3.63, 3.8) is 0 Å². The van der Waals surface area contributed by atoms with Crippen LogP contribution in [-0.2, 0) is 4.79 Å². The molecule has 0 aromatic carbocycles. The van der Waals surface area contributed by atoms with Gasteiger partial charge in [0.15, 0.2) is 4.34 Å². The lowest BCUT2D eigenvalue weighted by Gasteiger charge is -1.93. The van der Waals surface area contributed by atoms with Crippen LogP contribution >= 0.6 is 34.4 Å². The molecule has 4 nitrogen and oxygen atoms in total. The van der Waals surface area contributed by atoms with E-state index in [4.69, 9.17) is 0 Å². The molecule has 0 aliphatic carbocycles. The van der Waals surface area contributed by atoms with E-state index < -0.39 is 0 Å². The molecule has 7 heteroatoms. The van der Waals surface area contributed by atoms with E-state index in [1.807, 2.05) is 24.4 Å². The van der Waals surface area contributed by atoms with Crippen LogP contribution in [0.1, 0.15) is 11.8 Å². The summed E-state index contributed by atoms with van der Waals surface area (Å²) < 4.78 is 0.870. The zero-order valence-corrected chi connectivity index (χ0v) is 12.1. The molecule has 0 aliphatic rings. The van der Waals surface area contributed by atoms with E-state index >= 15 is 0 Å². The lowest BCUT2D eigenvalue weighted by atomic mass is 10.4. The third-order valence-electron chi connectivity index (χ3n) is 1.85. The minimum Gasteiger partial charge on any atom is -0.297 e. The number of thiophene rings is 1. The largest absolute Gasteiger partial charge is 0.297 e. The number of carbonyl (C=O) groups excluding carboxylic acids is 1. The average Bonchev–Trinajstić information content (AvgIpc) is 2.99. The number of anilines is 1. The van der Waals surface area contributed by atoms with Gasteiger partial charge in [-0.05, 0) is 23.3 Å². The summed E-state index contributed by atoms with van der Waals surface area (Å²) >= 11 is 4.58. The Morgan fingerprint density at radius 3 is 3.17 bits per heavy atom. The highest BCUT2D eigenvalue weighted by Gasteiger charge is 2.05. The number of hydrogen-bond donors (Lipinski definition) is 1. The molecular formula is C11H11N3OS3. The van der Waals surface area contributed by atoms with E-state index in [9.17, 15) is 4.79 Å². The topological polar surface area (TPSA) is 54.9 Å². The lowest BCUT2D eigenvalue weighted by Crippen LogP contribution is -2.07. The van der Waals surface area contributed by atoms with Crippen molar-refractivity contribution in [1.82, 2.24) is 10.2 Å². The van der Waals surface area contributed by atoms with Gasteiger partial charge in [-0.15, -0.1) is 21.5 Å². The molecule has 0 spiro atoms. The number of aromatic nitrogens is 2. The average molecular weight is 297 g/mol. The van der Waals surface area contributed by atoms with Gasteiger partial charge in [0, 0.05) is 11.0 Å². The summed E-state index contributed by atoms with van der Waals surface area (Å²) in [7, 11) is 0. The molecule has 0 saturated heterocycles. The molecule has 1 amide bonds. The lowest BCUT2D eigenvalue weighted by molar-refractivity contribution is -0.111. The molecule has 0 bridgehead atoms. The zero-order valence-electron chi connectivity index (χ0n) is 9.62. The molecule has 0 aliphatic heterocycles. The van der Waals surface area contributed by atoms with Crippen LogP contribution in [0.15, 0.2) is 27.9 Å². The number of nitrogens with zero attached hydrogens (tertiary/aromatic N) is 2. The van der Waals surface area contributed by atoms with E-state index in [-0.39, 0.29) is 5.91 Å². The number of nitrogens with one attached hydrogen (secondary N) is 1. The van der Waals surface area contributed by atoms with Crippen LogP contribution in [-0.4, -0.2) is 21.9 Å². The van der Waals surface area contributed by atoms with Crippen LogP contribution in [0.5, 0.6) is 0 Å². The van der Waals surface area contributed by atoms with E-state index in [1.165, 1.54) is 17.4 Å². The fourth-order valence-electron chi connectivity index (χ4n) is 1.13. The zero-order chi connectivity index (χ0) is 12.8. The second-order valence-corrected chi connectivity index (χ2v) is 6.61. The minimum atomic E-state index is -0.187. The van der Waals surface area contributed by atoms with E-state index in [2.05, 4.69) is 15.5 Å². The van der Waals surface area contributed by atoms with Crippen molar-refractivity contribution in [3.05, 3.63) is 28.5 Å². The predicted octanol–water partition coefficient (Wildman–Crippen LogP) is 3.36. The fraction of sp³-hybridized carbons (Fsp3) is 0.182. The van der Waals surface area contributed by atoms with Crippen molar-refractivity contribution in [2.75, 3.05) is 11.1 Å². The van der Waals surface area contributed by atoms with Crippen LogP contribution < -0.4 is 5.32 Å². The summed E-state index contributed by atoms with van der Waals surface area (Å²) in [4.78, 5) is 12.7. The van der Waals surface area contributed by atoms with E-state index in [0.29, 0.717) is 5.13 Å². The van der Waals surface area contributed by atoms with Crippen molar-refractivity contribution >= 4 is 51.6 Å². The molecule has 0 atom stereocenters. The molecule has 2 heterocycles.